The molecule has 0 aliphatic carbocycles. The van der Waals surface area contributed by atoms with Crippen LogP contribution in [0.1, 0.15) is 0 Å². The van der Waals surface area contributed by atoms with Gasteiger partial charge in [-0.3, -0.25) is 5.10 Å². The van der Waals surface area contributed by atoms with Gasteiger partial charge in [-0.2, -0.15) is 5.10 Å². The van der Waals surface area contributed by atoms with E-state index in [1.165, 1.54) is 12.1 Å². The number of aromatic nitrogens is 2. The molecule has 0 unspecified atom stereocenters. The van der Waals surface area contributed by atoms with Crippen LogP contribution in [-0.2, 0) is 0 Å². The second-order valence-corrected chi connectivity index (χ2v) is 3.77. The van der Waals surface area contributed by atoms with Gasteiger partial charge in [-0.1, -0.05) is 15.9 Å². The molecule has 2 aromatic rings. The lowest BCUT2D eigenvalue weighted by Crippen LogP contribution is -1.88. The van der Waals surface area contributed by atoms with E-state index in [9.17, 15) is 4.39 Å². The Balaban J connectivity index is 2.57. The number of hydrogen-bond donors (Lipinski definition) is 2. The third-order valence-electron chi connectivity index (χ3n) is 1.84. The van der Waals surface area contributed by atoms with Gasteiger partial charge in [-0.25, -0.2) is 4.39 Å². The van der Waals surface area contributed by atoms with Crippen molar-refractivity contribution in [2.75, 3.05) is 5.73 Å². The smallest absolute Gasteiger partial charge is 0.126 e. The van der Waals surface area contributed by atoms with Gasteiger partial charge in [0.1, 0.15) is 11.6 Å². The average molecular weight is 256 g/mol. The third kappa shape index (κ3) is 1.63. The van der Waals surface area contributed by atoms with Crippen LogP contribution >= 0.6 is 15.9 Å². The van der Waals surface area contributed by atoms with E-state index in [0.717, 1.165) is 0 Å². The van der Waals surface area contributed by atoms with Gasteiger partial charge in [0, 0.05) is 10.0 Å². The summed E-state index contributed by atoms with van der Waals surface area (Å²) in [5.41, 5.74) is 7.01. The standard InChI is InChI=1S/C9H7BrFN3/c10-6-1-5(2-7(11)3-6)8-4-13-14-9(8)12/h1-4H,(H3,12,13,14). The van der Waals surface area contributed by atoms with Crippen molar-refractivity contribution in [3.63, 3.8) is 0 Å². The Kier molecular flexibility index (Phi) is 2.25. The van der Waals surface area contributed by atoms with Crippen LogP contribution in [0.25, 0.3) is 11.1 Å². The van der Waals surface area contributed by atoms with Crippen molar-refractivity contribution in [1.29, 1.82) is 0 Å². The van der Waals surface area contributed by atoms with E-state index in [1.54, 1.807) is 12.3 Å². The Morgan fingerprint density at radius 1 is 1.36 bits per heavy atom. The van der Waals surface area contributed by atoms with Gasteiger partial charge < -0.3 is 5.73 Å². The summed E-state index contributed by atoms with van der Waals surface area (Å²) in [7, 11) is 0. The molecule has 1 heterocycles. The van der Waals surface area contributed by atoms with Gasteiger partial charge in [0.05, 0.1) is 6.20 Å². The first kappa shape index (κ1) is 9.21. The molecule has 0 radical (unpaired) electrons. The van der Waals surface area contributed by atoms with E-state index >= 15 is 0 Å². The lowest BCUT2D eigenvalue weighted by Gasteiger charge is -2.00. The molecule has 0 atom stereocenters. The number of halogens is 2. The molecule has 72 valence electrons. The van der Waals surface area contributed by atoms with Crippen molar-refractivity contribution >= 4 is 21.7 Å². The highest BCUT2D eigenvalue weighted by molar-refractivity contribution is 9.10. The number of nitrogen functional groups attached to an aromatic ring is 1. The van der Waals surface area contributed by atoms with Crippen LogP contribution in [0.5, 0.6) is 0 Å². The van der Waals surface area contributed by atoms with E-state index < -0.39 is 0 Å². The van der Waals surface area contributed by atoms with Gasteiger partial charge >= 0.3 is 0 Å². The molecule has 0 aliphatic heterocycles. The van der Waals surface area contributed by atoms with Crippen LogP contribution < -0.4 is 5.73 Å². The van der Waals surface area contributed by atoms with Crippen molar-refractivity contribution < 1.29 is 4.39 Å². The Morgan fingerprint density at radius 3 is 2.71 bits per heavy atom. The first-order valence-corrected chi connectivity index (χ1v) is 4.71. The zero-order chi connectivity index (χ0) is 10.1. The van der Waals surface area contributed by atoms with E-state index in [2.05, 4.69) is 26.1 Å². The molecule has 0 saturated carbocycles. The predicted octanol–water partition coefficient (Wildman–Crippen LogP) is 2.56. The summed E-state index contributed by atoms with van der Waals surface area (Å²) >= 11 is 3.21. The number of H-pyrrole nitrogens is 1. The minimum atomic E-state index is -0.310. The van der Waals surface area contributed by atoms with Crippen molar-refractivity contribution in [3.05, 3.63) is 34.7 Å². The highest BCUT2D eigenvalue weighted by Crippen LogP contribution is 2.27. The molecule has 3 nitrogen and oxygen atoms in total. The second-order valence-electron chi connectivity index (χ2n) is 2.86. The van der Waals surface area contributed by atoms with Crippen molar-refractivity contribution in [3.8, 4) is 11.1 Å². The molecule has 3 N–H and O–H groups in total. The first-order chi connectivity index (χ1) is 6.66. The Morgan fingerprint density at radius 2 is 2.14 bits per heavy atom. The quantitative estimate of drug-likeness (QED) is 0.823. The monoisotopic (exact) mass is 255 g/mol. The summed E-state index contributed by atoms with van der Waals surface area (Å²) in [6, 6.07) is 4.58. The van der Waals surface area contributed by atoms with Crippen LogP contribution in [0.4, 0.5) is 10.2 Å². The average Bonchev–Trinajstić information content (AvgIpc) is 2.49. The molecule has 2 rings (SSSR count). The number of benzene rings is 1. The molecule has 0 aliphatic rings. The van der Waals surface area contributed by atoms with Crippen molar-refractivity contribution in [2.24, 2.45) is 0 Å². The van der Waals surface area contributed by atoms with Gasteiger partial charge in [0.25, 0.3) is 0 Å². The number of aromatic amines is 1. The minimum Gasteiger partial charge on any atom is -0.384 e. The van der Waals surface area contributed by atoms with Crippen LogP contribution in [0.3, 0.4) is 0 Å². The second kappa shape index (κ2) is 3.42. The number of nitrogens with one attached hydrogen (secondary N) is 1. The first-order valence-electron chi connectivity index (χ1n) is 3.92. The van der Waals surface area contributed by atoms with Crippen molar-refractivity contribution in [2.45, 2.75) is 0 Å². The van der Waals surface area contributed by atoms with E-state index in [1.807, 2.05) is 0 Å². The van der Waals surface area contributed by atoms with Gasteiger partial charge in [-0.15, -0.1) is 0 Å². The predicted molar refractivity (Wildman–Crippen MR) is 56.1 cm³/mol. The van der Waals surface area contributed by atoms with Gasteiger partial charge in [0.2, 0.25) is 0 Å². The lowest BCUT2D eigenvalue weighted by atomic mass is 10.1. The molecule has 5 heteroatoms. The molecule has 1 aromatic carbocycles. The maximum absolute atomic E-state index is 13.1. The lowest BCUT2D eigenvalue weighted by molar-refractivity contribution is 0.627. The number of nitrogens with two attached hydrogens (primary N) is 1. The summed E-state index contributed by atoms with van der Waals surface area (Å²) in [5, 5.41) is 6.37. The summed E-state index contributed by atoms with van der Waals surface area (Å²) < 4.78 is 13.7. The molecule has 0 amide bonds. The zero-order valence-electron chi connectivity index (χ0n) is 7.09. The van der Waals surface area contributed by atoms with Crippen LogP contribution in [0.15, 0.2) is 28.9 Å². The molecule has 0 spiro atoms. The van der Waals surface area contributed by atoms with Gasteiger partial charge in [-0.05, 0) is 23.8 Å². The third-order valence-corrected chi connectivity index (χ3v) is 2.30. The van der Waals surface area contributed by atoms with E-state index in [0.29, 0.717) is 21.4 Å². The normalized spacial score (nSPS) is 10.4. The Hall–Kier alpha value is -1.36. The maximum atomic E-state index is 13.1. The fourth-order valence-electron chi connectivity index (χ4n) is 1.24. The number of anilines is 1. The Labute approximate surface area is 88.3 Å². The summed E-state index contributed by atoms with van der Waals surface area (Å²) in [4.78, 5) is 0. The molecule has 0 bridgehead atoms. The molecule has 0 saturated heterocycles. The number of hydrogen-bond acceptors (Lipinski definition) is 2. The van der Waals surface area contributed by atoms with Crippen LogP contribution in [0.2, 0.25) is 0 Å². The summed E-state index contributed by atoms with van der Waals surface area (Å²) in [6.07, 6.45) is 1.57. The maximum Gasteiger partial charge on any atom is 0.126 e. The molecular formula is C9H7BrFN3. The zero-order valence-corrected chi connectivity index (χ0v) is 8.68. The summed E-state index contributed by atoms with van der Waals surface area (Å²) in [5.74, 6) is 0.123. The van der Waals surface area contributed by atoms with E-state index in [-0.39, 0.29) is 5.82 Å². The Bertz CT molecular complexity index is 447. The van der Waals surface area contributed by atoms with Gasteiger partial charge in [0.15, 0.2) is 0 Å². The molecular weight excluding hydrogens is 249 g/mol. The van der Waals surface area contributed by atoms with E-state index in [4.69, 9.17) is 5.73 Å². The summed E-state index contributed by atoms with van der Waals surface area (Å²) in [6.45, 7) is 0. The molecule has 1 aromatic heterocycles. The van der Waals surface area contributed by atoms with Crippen molar-refractivity contribution in [1.82, 2.24) is 10.2 Å². The highest BCUT2D eigenvalue weighted by atomic mass is 79.9. The SMILES string of the molecule is Nc1[nH]ncc1-c1cc(F)cc(Br)c1. The fraction of sp³-hybridized carbons (Fsp3) is 0. The number of rotatable bonds is 1. The van der Waals surface area contributed by atoms with Crippen LogP contribution in [0, 0.1) is 5.82 Å². The minimum absolute atomic E-state index is 0.310. The topological polar surface area (TPSA) is 54.7 Å². The molecule has 14 heavy (non-hydrogen) atoms. The fourth-order valence-corrected chi connectivity index (χ4v) is 1.70. The largest absolute Gasteiger partial charge is 0.384 e. The highest BCUT2D eigenvalue weighted by Gasteiger charge is 2.06. The van der Waals surface area contributed by atoms with Crippen LogP contribution in [-0.4, -0.2) is 10.2 Å². The molecule has 0 fully saturated rings. The number of nitrogens with zero attached hydrogens (tertiary/aromatic N) is 1.